The quantitative estimate of drug-likeness (QED) is 0.810. The first-order valence-corrected chi connectivity index (χ1v) is 5.09. The first kappa shape index (κ1) is 10.3. The average molecular weight is 226 g/mol. The highest BCUT2D eigenvalue weighted by Gasteiger charge is 2.07. The van der Waals surface area contributed by atoms with Crippen molar-refractivity contribution in [3.8, 4) is 0 Å². The number of halogens is 1. The third kappa shape index (κ3) is 1.91. The second-order valence-corrected chi connectivity index (χ2v) is 4.12. The van der Waals surface area contributed by atoms with Crippen LogP contribution in [0.3, 0.4) is 0 Å². The minimum absolute atomic E-state index is 0.0580. The lowest BCUT2D eigenvalue weighted by Gasteiger charge is -2.05. The van der Waals surface area contributed by atoms with E-state index in [1.165, 1.54) is 0 Å². The molecule has 0 aliphatic rings. The Morgan fingerprint density at radius 2 is 2.33 bits per heavy atom. The molecule has 1 aromatic carbocycles. The number of aromatic nitrogens is 2. The molecule has 1 unspecified atom stereocenters. The number of nitrogens with one attached hydrogen (secondary N) is 1. The van der Waals surface area contributed by atoms with Gasteiger partial charge in [0.2, 0.25) is 0 Å². The zero-order valence-electron chi connectivity index (χ0n) is 8.33. The van der Waals surface area contributed by atoms with Crippen LogP contribution >= 0.6 is 11.6 Å². The normalized spacial score (nSPS) is 13.3. The fourth-order valence-corrected chi connectivity index (χ4v) is 1.78. The molecule has 1 heterocycles. The number of hydrogen-bond donors (Lipinski definition) is 2. The molecular formula is C10H12ClN3O. The lowest BCUT2D eigenvalue weighted by atomic mass is 10.3. The molecule has 1 aromatic heterocycles. The van der Waals surface area contributed by atoms with Crippen LogP contribution in [0, 0.1) is 0 Å². The molecule has 0 aliphatic heterocycles. The minimum Gasteiger partial charge on any atom is -0.326 e. The number of rotatable bonds is 2. The SMILES string of the molecule is CC(N)Cn1c(=O)[nH]c2cc(Cl)ccc21. The van der Waals surface area contributed by atoms with Crippen molar-refractivity contribution in [2.24, 2.45) is 5.73 Å². The van der Waals surface area contributed by atoms with Crippen LogP contribution in [0.25, 0.3) is 11.0 Å². The number of aromatic amines is 1. The third-order valence-corrected chi connectivity index (χ3v) is 2.44. The second-order valence-electron chi connectivity index (χ2n) is 3.68. The molecule has 4 nitrogen and oxygen atoms in total. The largest absolute Gasteiger partial charge is 0.326 e. The van der Waals surface area contributed by atoms with Gasteiger partial charge in [0.1, 0.15) is 0 Å². The number of hydrogen-bond acceptors (Lipinski definition) is 2. The molecule has 15 heavy (non-hydrogen) atoms. The van der Waals surface area contributed by atoms with Crippen LogP contribution in [0.5, 0.6) is 0 Å². The molecule has 0 amide bonds. The summed E-state index contributed by atoms with van der Waals surface area (Å²) in [5.74, 6) is 0. The minimum atomic E-state index is -0.149. The Morgan fingerprint density at radius 3 is 3.00 bits per heavy atom. The van der Waals surface area contributed by atoms with Crippen molar-refractivity contribution in [3.63, 3.8) is 0 Å². The summed E-state index contributed by atoms with van der Waals surface area (Å²) in [6, 6.07) is 5.25. The van der Waals surface area contributed by atoms with Gasteiger partial charge in [-0.2, -0.15) is 0 Å². The Hall–Kier alpha value is -1.26. The van der Waals surface area contributed by atoms with E-state index in [0.717, 1.165) is 11.0 Å². The van der Waals surface area contributed by atoms with Gasteiger partial charge in [-0.3, -0.25) is 4.57 Å². The lowest BCUT2D eigenvalue weighted by Crippen LogP contribution is -2.28. The van der Waals surface area contributed by atoms with Crippen molar-refractivity contribution in [1.82, 2.24) is 9.55 Å². The maximum Gasteiger partial charge on any atom is 0.326 e. The van der Waals surface area contributed by atoms with Crippen molar-refractivity contribution in [3.05, 3.63) is 33.7 Å². The zero-order valence-corrected chi connectivity index (χ0v) is 9.08. The van der Waals surface area contributed by atoms with E-state index in [1.54, 1.807) is 16.7 Å². The van der Waals surface area contributed by atoms with Crippen molar-refractivity contribution in [1.29, 1.82) is 0 Å². The monoisotopic (exact) mass is 225 g/mol. The van der Waals surface area contributed by atoms with Gasteiger partial charge >= 0.3 is 5.69 Å². The second kappa shape index (κ2) is 3.72. The van der Waals surface area contributed by atoms with E-state index in [1.807, 2.05) is 13.0 Å². The van der Waals surface area contributed by atoms with E-state index in [9.17, 15) is 4.79 Å². The fraction of sp³-hybridized carbons (Fsp3) is 0.300. The van der Waals surface area contributed by atoms with E-state index in [2.05, 4.69) is 4.98 Å². The number of benzene rings is 1. The molecule has 0 spiro atoms. The standard InChI is InChI=1S/C10H12ClN3O/c1-6(12)5-14-9-3-2-7(11)4-8(9)13-10(14)15/h2-4,6H,5,12H2,1H3,(H,13,15). The zero-order chi connectivity index (χ0) is 11.0. The average Bonchev–Trinajstić information content (AvgIpc) is 2.41. The van der Waals surface area contributed by atoms with Crippen LogP contribution in [0.15, 0.2) is 23.0 Å². The molecule has 0 saturated carbocycles. The van der Waals surface area contributed by atoms with Gasteiger partial charge in [-0.25, -0.2) is 4.79 Å². The molecule has 2 rings (SSSR count). The van der Waals surface area contributed by atoms with Gasteiger partial charge in [0.05, 0.1) is 11.0 Å². The maximum atomic E-state index is 11.6. The van der Waals surface area contributed by atoms with Gasteiger partial charge in [0, 0.05) is 17.6 Å². The topological polar surface area (TPSA) is 63.8 Å². The molecular weight excluding hydrogens is 214 g/mol. The number of nitrogens with zero attached hydrogens (tertiary/aromatic N) is 1. The van der Waals surface area contributed by atoms with Crippen molar-refractivity contribution in [2.75, 3.05) is 0 Å². The Morgan fingerprint density at radius 1 is 1.60 bits per heavy atom. The molecule has 0 fully saturated rings. The summed E-state index contributed by atoms with van der Waals surface area (Å²) in [6.45, 7) is 2.36. The Labute approximate surface area is 91.7 Å². The number of imidazole rings is 1. The van der Waals surface area contributed by atoms with Gasteiger partial charge in [-0.05, 0) is 25.1 Å². The van der Waals surface area contributed by atoms with E-state index in [4.69, 9.17) is 17.3 Å². The Kier molecular flexibility index (Phi) is 2.54. The van der Waals surface area contributed by atoms with E-state index in [0.29, 0.717) is 11.6 Å². The number of H-pyrrole nitrogens is 1. The summed E-state index contributed by atoms with van der Waals surface area (Å²) < 4.78 is 1.62. The molecule has 0 bridgehead atoms. The van der Waals surface area contributed by atoms with Gasteiger partial charge in [-0.1, -0.05) is 11.6 Å². The lowest BCUT2D eigenvalue weighted by molar-refractivity contribution is 0.588. The van der Waals surface area contributed by atoms with Crippen molar-refractivity contribution >= 4 is 22.6 Å². The molecule has 2 aromatic rings. The van der Waals surface area contributed by atoms with Crippen LogP contribution in [-0.4, -0.2) is 15.6 Å². The molecule has 5 heteroatoms. The predicted octanol–water partition coefficient (Wildman–Crippen LogP) is 1.33. The number of nitrogens with two attached hydrogens (primary N) is 1. The van der Waals surface area contributed by atoms with Crippen LogP contribution in [0.4, 0.5) is 0 Å². The van der Waals surface area contributed by atoms with Gasteiger partial charge in [0.25, 0.3) is 0 Å². The summed E-state index contributed by atoms with van der Waals surface area (Å²) in [5, 5.41) is 0.608. The summed E-state index contributed by atoms with van der Waals surface area (Å²) >= 11 is 5.83. The molecule has 0 saturated heterocycles. The summed E-state index contributed by atoms with van der Waals surface area (Å²) in [5.41, 5.74) is 7.10. The van der Waals surface area contributed by atoms with E-state index in [-0.39, 0.29) is 11.7 Å². The van der Waals surface area contributed by atoms with Crippen LogP contribution in [0.2, 0.25) is 5.02 Å². The maximum absolute atomic E-state index is 11.6. The highest BCUT2D eigenvalue weighted by atomic mass is 35.5. The van der Waals surface area contributed by atoms with Gasteiger partial charge in [0.15, 0.2) is 0 Å². The predicted molar refractivity (Wildman–Crippen MR) is 61.2 cm³/mol. The number of fused-ring (bicyclic) bond motifs is 1. The first-order chi connectivity index (χ1) is 7.08. The summed E-state index contributed by atoms with van der Waals surface area (Å²) in [4.78, 5) is 14.3. The Bertz CT molecular complexity index is 541. The molecule has 0 aliphatic carbocycles. The van der Waals surface area contributed by atoms with Gasteiger partial charge < -0.3 is 10.7 Å². The van der Waals surface area contributed by atoms with Crippen molar-refractivity contribution < 1.29 is 0 Å². The molecule has 3 N–H and O–H groups in total. The smallest absolute Gasteiger partial charge is 0.326 e. The van der Waals surface area contributed by atoms with Crippen molar-refractivity contribution in [2.45, 2.75) is 19.5 Å². The Balaban J connectivity index is 2.63. The molecule has 80 valence electrons. The molecule has 1 atom stereocenters. The highest BCUT2D eigenvalue weighted by Crippen LogP contribution is 2.16. The van der Waals surface area contributed by atoms with E-state index < -0.39 is 0 Å². The first-order valence-electron chi connectivity index (χ1n) is 4.71. The van der Waals surface area contributed by atoms with Crippen LogP contribution in [-0.2, 0) is 6.54 Å². The van der Waals surface area contributed by atoms with Crippen LogP contribution in [0.1, 0.15) is 6.92 Å². The highest BCUT2D eigenvalue weighted by molar-refractivity contribution is 6.31. The summed E-state index contributed by atoms with van der Waals surface area (Å²) in [6.07, 6.45) is 0. The molecule has 0 radical (unpaired) electrons. The third-order valence-electron chi connectivity index (χ3n) is 2.21. The van der Waals surface area contributed by atoms with E-state index >= 15 is 0 Å². The summed E-state index contributed by atoms with van der Waals surface area (Å²) in [7, 11) is 0. The van der Waals surface area contributed by atoms with Gasteiger partial charge in [-0.15, -0.1) is 0 Å². The fourth-order valence-electron chi connectivity index (χ4n) is 1.61. The van der Waals surface area contributed by atoms with Crippen LogP contribution < -0.4 is 11.4 Å².